The Morgan fingerprint density at radius 2 is 2.37 bits per heavy atom. The molecular weight excluding hydrogens is 240 g/mol. The molecule has 0 aromatic heterocycles. The summed E-state index contributed by atoms with van der Waals surface area (Å²) in [6.45, 7) is 7.96. The molecule has 1 amide bonds. The average Bonchev–Trinajstić information content (AvgIpc) is 2.42. The van der Waals surface area contributed by atoms with Gasteiger partial charge in [0.1, 0.15) is 6.10 Å². The summed E-state index contributed by atoms with van der Waals surface area (Å²) in [5, 5.41) is 2.67. The van der Waals surface area contributed by atoms with Gasteiger partial charge in [0.15, 0.2) is 0 Å². The summed E-state index contributed by atoms with van der Waals surface area (Å²) in [5.41, 5.74) is 1.52. The Labute approximate surface area is 116 Å². The van der Waals surface area contributed by atoms with Gasteiger partial charge < -0.3 is 10.1 Å². The van der Waals surface area contributed by atoms with Gasteiger partial charge in [-0.3, -0.25) is 9.69 Å². The molecule has 2 rings (SSSR count). The lowest BCUT2D eigenvalue weighted by Crippen LogP contribution is -2.50. The van der Waals surface area contributed by atoms with Gasteiger partial charge in [-0.25, -0.2) is 0 Å². The van der Waals surface area contributed by atoms with E-state index in [0.717, 1.165) is 25.6 Å². The number of hydrogen-bond donors (Lipinski definition) is 1. The minimum atomic E-state index is -0.304. The molecule has 1 N–H and O–H groups in total. The summed E-state index contributed by atoms with van der Waals surface area (Å²) < 4.78 is 5.54. The zero-order chi connectivity index (χ0) is 13.8. The lowest BCUT2D eigenvalue weighted by Gasteiger charge is -2.37. The molecule has 0 spiro atoms. The molecule has 2 aliphatic rings. The first-order chi connectivity index (χ1) is 9.11. The number of carbonyl (C=O) groups is 1. The molecule has 1 aliphatic carbocycles. The van der Waals surface area contributed by atoms with Crippen molar-refractivity contribution in [2.24, 2.45) is 11.8 Å². The molecule has 4 heteroatoms. The highest BCUT2D eigenvalue weighted by Gasteiger charge is 2.30. The van der Waals surface area contributed by atoms with Crippen LogP contribution in [-0.4, -0.2) is 50.2 Å². The number of nitrogens with zero attached hydrogens (tertiary/aromatic N) is 1. The van der Waals surface area contributed by atoms with Crippen molar-refractivity contribution >= 4 is 5.91 Å². The normalized spacial score (nSPS) is 32.8. The van der Waals surface area contributed by atoms with Crippen LogP contribution in [0.1, 0.15) is 26.7 Å². The number of amides is 1. The molecule has 0 unspecified atom stereocenters. The molecule has 1 fully saturated rings. The van der Waals surface area contributed by atoms with Crippen molar-refractivity contribution in [1.29, 1.82) is 0 Å². The van der Waals surface area contributed by atoms with Crippen LogP contribution in [0.5, 0.6) is 0 Å². The number of morpholine rings is 1. The molecular formula is C15H26N2O2. The van der Waals surface area contributed by atoms with Crippen LogP contribution in [0.4, 0.5) is 0 Å². The van der Waals surface area contributed by atoms with E-state index in [2.05, 4.69) is 30.1 Å². The Hall–Kier alpha value is -0.870. The molecule has 1 heterocycles. The number of ether oxygens (including phenoxy) is 1. The van der Waals surface area contributed by atoms with Crippen LogP contribution in [0.2, 0.25) is 0 Å². The second-order valence-corrected chi connectivity index (χ2v) is 5.84. The Morgan fingerprint density at radius 1 is 1.58 bits per heavy atom. The van der Waals surface area contributed by atoms with Gasteiger partial charge in [-0.1, -0.05) is 18.6 Å². The van der Waals surface area contributed by atoms with Crippen LogP contribution in [0.25, 0.3) is 0 Å². The summed E-state index contributed by atoms with van der Waals surface area (Å²) in [6.07, 6.45) is 4.57. The number of allylic oxidation sites excluding steroid dienone is 1. The summed E-state index contributed by atoms with van der Waals surface area (Å²) in [6, 6.07) is 0. The fourth-order valence-electron chi connectivity index (χ4n) is 3.17. The third-order valence-corrected chi connectivity index (χ3v) is 4.50. The highest BCUT2D eigenvalue weighted by molar-refractivity contribution is 5.80. The maximum Gasteiger partial charge on any atom is 0.250 e. The molecule has 19 heavy (non-hydrogen) atoms. The molecule has 0 saturated carbocycles. The molecule has 0 aromatic carbocycles. The number of rotatable bonds is 3. The van der Waals surface area contributed by atoms with Gasteiger partial charge in [0.2, 0.25) is 5.91 Å². The zero-order valence-electron chi connectivity index (χ0n) is 12.3. The molecule has 3 atom stereocenters. The minimum Gasteiger partial charge on any atom is -0.366 e. The van der Waals surface area contributed by atoms with Gasteiger partial charge in [-0.2, -0.15) is 0 Å². The summed E-state index contributed by atoms with van der Waals surface area (Å²) >= 11 is 0. The number of nitrogens with one attached hydrogen (secondary N) is 1. The molecule has 1 aliphatic heterocycles. The lowest BCUT2D eigenvalue weighted by atomic mass is 9.79. The summed E-state index contributed by atoms with van der Waals surface area (Å²) in [4.78, 5) is 14.0. The van der Waals surface area contributed by atoms with Crippen molar-refractivity contribution in [3.63, 3.8) is 0 Å². The first kappa shape index (κ1) is 14.5. The monoisotopic (exact) mass is 266 g/mol. The SMILES string of the molecule is CNC(=O)[C@@H]1CN(C[C@H]2C(C)=CCC[C@H]2C)CCO1. The molecule has 0 radical (unpaired) electrons. The molecule has 1 saturated heterocycles. The van der Waals surface area contributed by atoms with Gasteiger partial charge >= 0.3 is 0 Å². The fourth-order valence-corrected chi connectivity index (χ4v) is 3.17. The highest BCUT2D eigenvalue weighted by atomic mass is 16.5. The molecule has 0 aromatic rings. The predicted molar refractivity (Wildman–Crippen MR) is 75.9 cm³/mol. The first-order valence-electron chi connectivity index (χ1n) is 7.34. The Kier molecular flexibility index (Phi) is 4.99. The van der Waals surface area contributed by atoms with Crippen molar-refractivity contribution in [2.75, 3.05) is 33.3 Å². The quantitative estimate of drug-likeness (QED) is 0.786. The maximum absolute atomic E-state index is 11.7. The number of hydrogen-bond acceptors (Lipinski definition) is 3. The van der Waals surface area contributed by atoms with Crippen LogP contribution in [0.3, 0.4) is 0 Å². The zero-order valence-corrected chi connectivity index (χ0v) is 12.3. The van der Waals surface area contributed by atoms with Crippen LogP contribution < -0.4 is 5.32 Å². The second kappa shape index (κ2) is 6.53. The average molecular weight is 266 g/mol. The predicted octanol–water partition coefficient (Wildman–Crippen LogP) is 1.43. The van der Waals surface area contributed by atoms with E-state index in [1.807, 2.05) is 0 Å². The third kappa shape index (κ3) is 3.57. The number of carbonyl (C=O) groups excluding carboxylic acids is 1. The van der Waals surface area contributed by atoms with E-state index in [4.69, 9.17) is 4.74 Å². The molecule has 4 nitrogen and oxygen atoms in total. The van der Waals surface area contributed by atoms with Crippen LogP contribution in [-0.2, 0) is 9.53 Å². The second-order valence-electron chi connectivity index (χ2n) is 5.84. The van der Waals surface area contributed by atoms with Crippen LogP contribution in [0.15, 0.2) is 11.6 Å². The largest absolute Gasteiger partial charge is 0.366 e. The highest BCUT2D eigenvalue weighted by Crippen LogP contribution is 2.31. The fraction of sp³-hybridized carbons (Fsp3) is 0.800. The van der Waals surface area contributed by atoms with E-state index < -0.39 is 0 Å². The molecule has 108 valence electrons. The molecule has 0 bridgehead atoms. The standard InChI is InChI=1S/C15H26N2O2/c1-11-5-4-6-12(2)13(11)9-17-7-8-19-14(10-17)15(18)16-3/h5,12-14H,4,6-10H2,1-3H3,(H,16,18)/t12-,13+,14+/m1/s1. The minimum absolute atomic E-state index is 0.00587. The van der Waals surface area contributed by atoms with Crippen molar-refractivity contribution in [2.45, 2.75) is 32.8 Å². The Bertz CT molecular complexity index is 354. The third-order valence-electron chi connectivity index (χ3n) is 4.50. The van der Waals surface area contributed by atoms with E-state index in [9.17, 15) is 4.79 Å². The van der Waals surface area contributed by atoms with E-state index in [0.29, 0.717) is 12.5 Å². The van der Waals surface area contributed by atoms with Gasteiger partial charge in [0, 0.05) is 26.7 Å². The van der Waals surface area contributed by atoms with Gasteiger partial charge in [0.25, 0.3) is 0 Å². The Morgan fingerprint density at radius 3 is 3.05 bits per heavy atom. The lowest BCUT2D eigenvalue weighted by molar-refractivity contribution is -0.138. The van der Waals surface area contributed by atoms with Crippen LogP contribution in [0, 0.1) is 11.8 Å². The number of likely N-dealkylation sites (N-methyl/N-ethyl adjacent to an activating group) is 1. The van der Waals surface area contributed by atoms with E-state index >= 15 is 0 Å². The van der Waals surface area contributed by atoms with Crippen molar-refractivity contribution in [3.8, 4) is 0 Å². The smallest absolute Gasteiger partial charge is 0.250 e. The first-order valence-corrected chi connectivity index (χ1v) is 7.34. The maximum atomic E-state index is 11.7. The van der Waals surface area contributed by atoms with Crippen molar-refractivity contribution < 1.29 is 9.53 Å². The van der Waals surface area contributed by atoms with Gasteiger partial charge in [-0.05, 0) is 31.6 Å². The topological polar surface area (TPSA) is 41.6 Å². The van der Waals surface area contributed by atoms with Gasteiger partial charge in [-0.15, -0.1) is 0 Å². The van der Waals surface area contributed by atoms with E-state index in [1.54, 1.807) is 7.05 Å². The summed E-state index contributed by atoms with van der Waals surface area (Å²) in [5.74, 6) is 1.37. The van der Waals surface area contributed by atoms with Crippen LogP contribution >= 0.6 is 0 Å². The van der Waals surface area contributed by atoms with Crippen molar-refractivity contribution in [1.82, 2.24) is 10.2 Å². The Balaban J connectivity index is 1.93. The van der Waals surface area contributed by atoms with E-state index in [-0.39, 0.29) is 12.0 Å². The van der Waals surface area contributed by atoms with Crippen molar-refractivity contribution in [3.05, 3.63) is 11.6 Å². The van der Waals surface area contributed by atoms with E-state index in [1.165, 1.54) is 18.4 Å². The summed E-state index contributed by atoms with van der Waals surface area (Å²) in [7, 11) is 1.67. The van der Waals surface area contributed by atoms with Gasteiger partial charge in [0.05, 0.1) is 6.61 Å².